The van der Waals surface area contributed by atoms with Crippen LogP contribution >= 0.6 is 0 Å². The second-order valence-corrected chi connectivity index (χ2v) is 3.32. The number of H-pyrrole nitrogens is 1. The standard InChI is InChI=1S/C10H6N2O5/c13-9-4-8(10(14)15)11-7-2-1-5(12(16)17)3-6(7)9/h1-4H,(H,11,13)(H,14,15)/p-1. The van der Waals surface area contributed by atoms with Crippen LogP contribution in [-0.2, 0) is 0 Å². The summed E-state index contributed by atoms with van der Waals surface area (Å²) in [5.74, 6) is -1.51. The molecule has 1 aromatic heterocycles. The molecule has 0 spiro atoms. The lowest BCUT2D eigenvalue weighted by molar-refractivity contribution is -0.384. The molecule has 0 amide bonds. The minimum Gasteiger partial charge on any atom is -0.543 e. The average molecular weight is 233 g/mol. The number of aromatic carboxylic acids is 1. The molecule has 7 nitrogen and oxygen atoms in total. The minimum atomic E-state index is -1.51. The molecule has 0 fully saturated rings. The Balaban J connectivity index is 2.77. The fourth-order valence-electron chi connectivity index (χ4n) is 1.46. The number of non-ortho nitro benzene ring substituents is 1. The normalized spacial score (nSPS) is 10.4. The molecule has 0 aliphatic heterocycles. The summed E-state index contributed by atoms with van der Waals surface area (Å²) < 4.78 is 0. The van der Waals surface area contributed by atoms with Crippen molar-refractivity contribution in [3.8, 4) is 0 Å². The van der Waals surface area contributed by atoms with Gasteiger partial charge in [0, 0.05) is 18.2 Å². The maximum Gasteiger partial charge on any atom is 0.270 e. The van der Waals surface area contributed by atoms with Gasteiger partial charge < -0.3 is 14.9 Å². The third-order valence-electron chi connectivity index (χ3n) is 2.24. The fourth-order valence-corrected chi connectivity index (χ4v) is 1.46. The van der Waals surface area contributed by atoms with Crippen LogP contribution in [0, 0.1) is 10.1 Å². The largest absolute Gasteiger partial charge is 0.543 e. The van der Waals surface area contributed by atoms with Gasteiger partial charge in [-0.2, -0.15) is 0 Å². The first-order valence-electron chi connectivity index (χ1n) is 4.52. The van der Waals surface area contributed by atoms with Crippen LogP contribution in [0.3, 0.4) is 0 Å². The summed E-state index contributed by atoms with van der Waals surface area (Å²) in [6, 6.07) is 4.38. The van der Waals surface area contributed by atoms with E-state index in [2.05, 4.69) is 4.98 Å². The number of hydrogen-bond acceptors (Lipinski definition) is 5. The smallest absolute Gasteiger partial charge is 0.270 e. The fraction of sp³-hybridized carbons (Fsp3) is 0. The highest BCUT2D eigenvalue weighted by Gasteiger charge is 2.09. The van der Waals surface area contributed by atoms with E-state index in [1.54, 1.807) is 0 Å². The molecular formula is C10H5N2O5-. The molecule has 0 unspecified atom stereocenters. The first kappa shape index (κ1) is 10.8. The number of hydrogen-bond donors (Lipinski definition) is 1. The first-order chi connectivity index (χ1) is 7.99. The van der Waals surface area contributed by atoms with Crippen molar-refractivity contribution < 1.29 is 14.8 Å². The molecule has 7 heteroatoms. The lowest BCUT2D eigenvalue weighted by atomic mass is 10.1. The Morgan fingerprint density at radius 3 is 2.59 bits per heavy atom. The van der Waals surface area contributed by atoms with Crippen LogP contribution in [-0.4, -0.2) is 15.9 Å². The highest BCUT2D eigenvalue weighted by molar-refractivity contribution is 5.89. The maximum absolute atomic E-state index is 11.5. The number of carbonyl (C=O) groups excluding carboxylic acids is 1. The number of aromatic nitrogens is 1. The Morgan fingerprint density at radius 2 is 2.00 bits per heavy atom. The van der Waals surface area contributed by atoms with Crippen LogP contribution in [0.4, 0.5) is 5.69 Å². The van der Waals surface area contributed by atoms with E-state index in [9.17, 15) is 24.8 Å². The average Bonchev–Trinajstić information content (AvgIpc) is 2.28. The predicted octanol–water partition coefficient (Wildman–Crippen LogP) is -0.200. The summed E-state index contributed by atoms with van der Waals surface area (Å²) in [4.78, 5) is 34.5. The van der Waals surface area contributed by atoms with Crippen LogP contribution in [0.2, 0.25) is 0 Å². The molecular weight excluding hydrogens is 228 g/mol. The Kier molecular flexibility index (Phi) is 2.36. The number of rotatable bonds is 2. The number of aromatic amines is 1. The summed E-state index contributed by atoms with van der Waals surface area (Å²) in [6.07, 6.45) is 0. The van der Waals surface area contributed by atoms with Crippen molar-refractivity contribution >= 4 is 22.6 Å². The molecule has 0 bridgehead atoms. The third-order valence-corrected chi connectivity index (χ3v) is 2.24. The van der Waals surface area contributed by atoms with E-state index in [0.29, 0.717) is 0 Å². The van der Waals surface area contributed by atoms with Crippen LogP contribution in [0.5, 0.6) is 0 Å². The van der Waals surface area contributed by atoms with Gasteiger partial charge in [0.25, 0.3) is 5.69 Å². The number of nitro benzene ring substituents is 1. The van der Waals surface area contributed by atoms with Crippen LogP contribution in [0.1, 0.15) is 10.5 Å². The summed E-state index contributed by atoms with van der Waals surface area (Å²) in [5, 5.41) is 21.2. The van der Waals surface area contributed by atoms with E-state index >= 15 is 0 Å². The number of nitro groups is 1. The number of carboxylic acids is 1. The van der Waals surface area contributed by atoms with Crippen LogP contribution in [0.15, 0.2) is 29.1 Å². The number of nitrogens with zero attached hydrogens (tertiary/aromatic N) is 1. The van der Waals surface area contributed by atoms with Gasteiger partial charge in [-0.05, 0) is 6.07 Å². The third kappa shape index (κ3) is 1.85. The number of carbonyl (C=O) groups is 1. The van der Waals surface area contributed by atoms with E-state index in [1.807, 2.05) is 0 Å². The van der Waals surface area contributed by atoms with Gasteiger partial charge in [-0.15, -0.1) is 0 Å². The van der Waals surface area contributed by atoms with E-state index in [0.717, 1.165) is 12.1 Å². The molecule has 2 rings (SSSR count). The lowest BCUT2D eigenvalue weighted by Crippen LogP contribution is -2.25. The van der Waals surface area contributed by atoms with Crippen molar-refractivity contribution in [1.29, 1.82) is 0 Å². The Hall–Kier alpha value is -2.70. The number of pyridine rings is 1. The Morgan fingerprint density at radius 1 is 1.29 bits per heavy atom. The van der Waals surface area contributed by atoms with Crippen molar-refractivity contribution in [3.05, 3.63) is 50.3 Å². The lowest BCUT2D eigenvalue weighted by Gasteiger charge is -2.04. The molecule has 0 aliphatic carbocycles. The summed E-state index contributed by atoms with van der Waals surface area (Å²) in [5.41, 5.74) is -0.996. The van der Waals surface area contributed by atoms with Gasteiger partial charge in [-0.3, -0.25) is 14.9 Å². The number of carboxylic acid groups (broad SMARTS) is 1. The summed E-state index contributed by atoms with van der Waals surface area (Å²) in [7, 11) is 0. The van der Waals surface area contributed by atoms with Gasteiger partial charge >= 0.3 is 0 Å². The topological polar surface area (TPSA) is 116 Å². The van der Waals surface area contributed by atoms with Crippen molar-refractivity contribution in [3.63, 3.8) is 0 Å². The molecule has 17 heavy (non-hydrogen) atoms. The molecule has 0 saturated heterocycles. The van der Waals surface area contributed by atoms with E-state index in [-0.39, 0.29) is 22.3 Å². The zero-order valence-corrected chi connectivity index (χ0v) is 8.30. The van der Waals surface area contributed by atoms with Crippen molar-refractivity contribution in [2.75, 3.05) is 0 Å². The second kappa shape index (κ2) is 3.71. The van der Waals surface area contributed by atoms with Gasteiger partial charge in [0.15, 0.2) is 5.43 Å². The molecule has 1 N–H and O–H groups in total. The molecule has 86 valence electrons. The van der Waals surface area contributed by atoms with Crippen LogP contribution in [0.25, 0.3) is 10.9 Å². The van der Waals surface area contributed by atoms with Crippen LogP contribution < -0.4 is 10.5 Å². The zero-order valence-electron chi connectivity index (χ0n) is 8.30. The number of benzene rings is 1. The maximum atomic E-state index is 11.5. The second-order valence-electron chi connectivity index (χ2n) is 3.32. The monoisotopic (exact) mass is 233 g/mol. The highest BCUT2D eigenvalue weighted by Crippen LogP contribution is 2.16. The molecule has 0 radical (unpaired) electrons. The molecule has 0 aliphatic rings. The molecule has 0 atom stereocenters. The van der Waals surface area contributed by atoms with Gasteiger partial charge in [0.1, 0.15) is 0 Å². The number of nitrogens with one attached hydrogen (secondary N) is 1. The minimum absolute atomic E-state index is 0.0594. The van der Waals surface area contributed by atoms with Gasteiger partial charge in [0.2, 0.25) is 0 Å². The van der Waals surface area contributed by atoms with Crippen molar-refractivity contribution in [2.45, 2.75) is 0 Å². The van der Waals surface area contributed by atoms with E-state index < -0.39 is 16.3 Å². The molecule has 1 heterocycles. The zero-order chi connectivity index (χ0) is 12.6. The quantitative estimate of drug-likeness (QED) is 0.569. The summed E-state index contributed by atoms with van der Waals surface area (Å²) >= 11 is 0. The molecule has 2 aromatic rings. The first-order valence-corrected chi connectivity index (χ1v) is 4.52. The van der Waals surface area contributed by atoms with Gasteiger partial charge in [0.05, 0.1) is 27.5 Å². The SMILES string of the molecule is O=C([O-])c1cc(=O)c2cc([N+](=O)[O-])ccc2[nH]1. The number of fused-ring (bicyclic) bond motifs is 1. The van der Waals surface area contributed by atoms with E-state index in [1.165, 1.54) is 12.1 Å². The van der Waals surface area contributed by atoms with Gasteiger partial charge in [-0.25, -0.2) is 0 Å². The van der Waals surface area contributed by atoms with Gasteiger partial charge in [-0.1, -0.05) is 0 Å². The highest BCUT2D eigenvalue weighted by atomic mass is 16.6. The van der Waals surface area contributed by atoms with Crippen molar-refractivity contribution in [1.82, 2.24) is 4.98 Å². The molecule has 0 saturated carbocycles. The Labute approximate surface area is 93.5 Å². The predicted molar refractivity (Wildman–Crippen MR) is 55.6 cm³/mol. The van der Waals surface area contributed by atoms with Crippen molar-refractivity contribution in [2.24, 2.45) is 0 Å². The Bertz CT molecular complexity index is 689. The molecule has 1 aromatic carbocycles. The van der Waals surface area contributed by atoms with E-state index in [4.69, 9.17) is 0 Å². The summed E-state index contributed by atoms with van der Waals surface area (Å²) in [6.45, 7) is 0.